The zero-order valence-corrected chi connectivity index (χ0v) is 17.0. The maximum Gasteiger partial charge on any atom is 0.115 e. The number of hydrogen-bond acceptors (Lipinski definition) is 4. The Bertz CT molecular complexity index is 1220. The Morgan fingerprint density at radius 1 is 1.07 bits per heavy atom. The van der Waals surface area contributed by atoms with Crippen LogP contribution in [0.3, 0.4) is 0 Å². The predicted molar refractivity (Wildman–Crippen MR) is 115 cm³/mol. The van der Waals surface area contributed by atoms with Gasteiger partial charge in [0, 0.05) is 30.4 Å². The first kappa shape index (κ1) is 17.6. The van der Waals surface area contributed by atoms with Gasteiger partial charge in [-0.3, -0.25) is 10.1 Å². The molecule has 0 radical (unpaired) electrons. The van der Waals surface area contributed by atoms with Crippen molar-refractivity contribution >= 4 is 0 Å². The van der Waals surface area contributed by atoms with Gasteiger partial charge in [-0.2, -0.15) is 0 Å². The van der Waals surface area contributed by atoms with Crippen molar-refractivity contribution in [2.75, 3.05) is 0 Å². The van der Waals surface area contributed by atoms with E-state index in [9.17, 15) is 0 Å². The normalized spacial score (nSPS) is 18.0. The van der Waals surface area contributed by atoms with E-state index in [0.717, 1.165) is 40.8 Å². The Hall–Kier alpha value is -3.28. The first-order valence-corrected chi connectivity index (χ1v) is 10.7. The molecule has 6 nitrogen and oxygen atoms in total. The van der Waals surface area contributed by atoms with E-state index in [1.54, 1.807) is 5.56 Å². The number of aromatic amines is 1. The number of imidazole rings is 1. The fourth-order valence-electron chi connectivity index (χ4n) is 4.68. The predicted octanol–water partition coefficient (Wildman–Crippen LogP) is 4.65. The molecule has 0 unspecified atom stereocenters. The molecule has 150 valence electrons. The third-order valence-electron chi connectivity index (χ3n) is 6.50. The van der Waals surface area contributed by atoms with Gasteiger partial charge in [0.05, 0.1) is 17.7 Å². The molecule has 0 aliphatic heterocycles. The molecule has 2 aliphatic rings. The van der Waals surface area contributed by atoms with Crippen molar-refractivity contribution in [2.45, 2.75) is 51.0 Å². The number of aryl methyl sites for hydroxylation is 2. The summed E-state index contributed by atoms with van der Waals surface area (Å²) in [4.78, 5) is 9.18. The van der Waals surface area contributed by atoms with Crippen molar-refractivity contribution in [2.24, 2.45) is 0 Å². The highest BCUT2D eigenvalue weighted by Crippen LogP contribution is 2.43. The van der Waals surface area contributed by atoms with E-state index in [4.69, 9.17) is 0 Å². The molecule has 1 aromatic carbocycles. The van der Waals surface area contributed by atoms with Crippen LogP contribution in [0.5, 0.6) is 0 Å². The second-order valence-corrected chi connectivity index (χ2v) is 8.64. The monoisotopic (exact) mass is 396 g/mol. The molecule has 1 atom stereocenters. The average Bonchev–Trinajstić information content (AvgIpc) is 3.17. The van der Waals surface area contributed by atoms with Gasteiger partial charge in [0.2, 0.25) is 0 Å². The molecule has 1 saturated carbocycles. The number of fused-ring (bicyclic) bond motifs is 1. The number of H-pyrrole nitrogens is 1. The molecule has 30 heavy (non-hydrogen) atoms. The highest BCUT2D eigenvalue weighted by atomic mass is 15.3. The first-order valence-electron chi connectivity index (χ1n) is 10.7. The minimum atomic E-state index is 0.567. The molecule has 4 aromatic rings. The Balaban J connectivity index is 1.24. The van der Waals surface area contributed by atoms with Crippen LogP contribution in [-0.4, -0.2) is 29.9 Å². The Labute approximate surface area is 175 Å². The van der Waals surface area contributed by atoms with E-state index < -0.39 is 0 Å². The minimum absolute atomic E-state index is 0.567. The third-order valence-corrected chi connectivity index (χ3v) is 6.50. The van der Waals surface area contributed by atoms with E-state index in [1.807, 2.05) is 31.6 Å². The molecule has 1 N–H and O–H groups in total. The summed E-state index contributed by atoms with van der Waals surface area (Å²) in [6.45, 7) is 2.94. The van der Waals surface area contributed by atoms with Crippen molar-refractivity contribution in [3.05, 3.63) is 71.4 Å². The van der Waals surface area contributed by atoms with Crippen LogP contribution in [-0.2, 0) is 13.0 Å². The van der Waals surface area contributed by atoms with Crippen LogP contribution in [0.25, 0.3) is 22.6 Å². The van der Waals surface area contributed by atoms with Gasteiger partial charge in [-0.1, -0.05) is 23.4 Å². The number of nitrogens with zero attached hydrogens (tertiary/aromatic N) is 5. The molecule has 0 amide bonds. The van der Waals surface area contributed by atoms with Gasteiger partial charge in [0.15, 0.2) is 0 Å². The molecular weight excluding hydrogens is 372 g/mol. The Morgan fingerprint density at radius 3 is 2.83 bits per heavy atom. The van der Waals surface area contributed by atoms with Gasteiger partial charge < -0.3 is 4.57 Å². The number of rotatable bonds is 5. The lowest BCUT2D eigenvalue weighted by Crippen LogP contribution is -2.05. The third kappa shape index (κ3) is 3.12. The van der Waals surface area contributed by atoms with E-state index in [0.29, 0.717) is 5.92 Å². The maximum atomic E-state index is 4.64. The largest absolute Gasteiger partial charge is 0.336 e. The van der Waals surface area contributed by atoms with E-state index in [1.165, 1.54) is 36.8 Å². The van der Waals surface area contributed by atoms with Crippen LogP contribution < -0.4 is 0 Å². The number of hydrogen-bond donors (Lipinski definition) is 1. The standard InChI is InChI=1S/C24H24N6/c1-15-24(28-29-27-15)19-8-9-25-22(11-19)23-13-30(14-26-23)12-20-7-5-17-4-6-18(10-21(17)20)16-2-3-16/h4,6,8-11,13-14,16,20H,2-3,5,7,12H2,1H3,(H,27,28,29)/t20-/m1/s1. The highest BCUT2D eigenvalue weighted by Gasteiger charge is 2.28. The molecule has 0 spiro atoms. The number of benzene rings is 1. The van der Waals surface area contributed by atoms with Crippen LogP contribution in [0.4, 0.5) is 0 Å². The van der Waals surface area contributed by atoms with Crippen LogP contribution in [0.2, 0.25) is 0 Å². The SMILES string of the molecule is Cc1[nH]nnc1-c1ccnc(-c2cn(C[C@H]3CCc4ccc(C5CC5)cc43)cn2)c1. The minimum Gasteiger partial charge on any atom is -0.336 e. The molecule has 3 heterocycles. The van der Waals surface area contributed by atoms with Gasteiger partial charge in [-0.15, -0.1) is 5.10 Å². The summed E-state index contributed by atoms with van der Waals surface area (Å²) < 4.78 is 2.22. The van der Waals surface area contributed by atoms with Crippen molar-refractivity contribution in [3.8, 4) is 22.6 Å². The molecule has 0 saturated heterocycles. The van der Waals surface area contributed by atoms with Gasteiger partial charge in [-0.05, 0) is 67.3 Å². The van der Waals surface area contributed by atoms with Gasteiger partial charge in [0.1, 0.15) is 11.4 Å². The van der Waals surface area contributed by atoms with Gasteiger partial charge in [-0.25, -0.2) is 4.98 Å². The lowest BCUT2D eigenvalue weighted by molar-refractivity contribution is 0.555. The number of aromatic nitrogens is 6. The lowest BCUT2D eigenvalue weighted by atomic mass is 9.97. The summed E-state index contributed by atoms with van der Waals surface area (Å²) in [7, 11) is 0. The first-order chi connectivity index (χ1) is 14.7. The quantitative estimate of drug-likeness (QED) is 0.533. The Kier molecular flexibility index (Phi) is 4.04. The zero-order chi connectivity index (χ0) is 20.1. The summed E-state index contributed by atoms with van der Waals surface area (Å²) in [5, 5.41) is 11.0. The number of nitrogens with one attached hydrogen (secondary N) is 1. The van der Waals surface area contributed by atoms with E-state index >= 15 is 0 Å². The molecule has 2 aliphatic carbocycles. The fourth-order valence-corrected chi connectivity index (χ4v) is 4.68. The number of pyridine rings is 1. The Morgan fingerprint density at radius 2 is 2.00 bits per heavy atom. The molecule has 6 rings (SSSR count). The lowest BCUT2D eigenvalue weighted by Gasteiger charge is -2.13. The van der Waals surface area contributed by atoms with E-state index in [2.05, 4.69) is 54.3 Å². The van der Waals surface area contributed by atoms with Crippen LogP contribution in [0.1, 0.15) is 53.5 Å². The van der Waals surface area contributed by atoms with Crippen LogP contribution >= 0.6 is 0 Å². The molecular formula is C24H24N6. The summed E-state index contributed by atoms with van der Waals surface area (Å²) in [6, 6.07) is 11.2. The van der Waals surface area contributed by atoms with Crippen molar-refractivity contribution < 1.29 is 0 Å². The van der Waals surface area contributed by atoms with Crippen molar-refractivity contribution in [1.29, 1.82) is 0 Å². The van der Waals surface area contributed by atoms with Gasteiger partial charge >= 0.3 is 0 Å². The second-order valence-electron chi connectivity index (χ2n) is 8.64. The maximum absolute atomic E-state index is 4.64. The van der Waals surface area contributed by atoms with Crippen LogP contribution in [0.15, 0.2) is 49.1 Å². The van der Waals surface area contributed by atoms with Crippen LogP contribution in [0, 0.1) is 6.92 Å². The fraction of sp³-hybridized carbons (Fsp3) is 0.333. The molecule has 1 fully saturated rings. The molecule has 3 aromatic heterocycles. The second kappa shape index (κ2) is 6.90. The zero-order valence-electron chi connectivity index (χ0n) is 17.0. The average molecular weight is 396 g/mol. The smallest absolute Gasteiger partial charge is 0.115 e. The summed E-state index contributed by atoms with van der Waals surface area (Å²) in [5.41, 5.74) is 9.17. The summed E-state index contributed by atoms with van der Waals surface area (Å²) in [6.07, 6.45) is 11.0. The van der Waals surface area contributed by atoms with E-state index in [-0.39, 0.29) is 0 Å². The highest BCUT2D eigenvalue weighted by molar-refractivity contribution is 5.67. The summed E-state index contributed by atoms with van der Waals surface area (Å²) in [5.74, 6) is 1.38. The molecule has 6 heteroatoms. The van der Waals surface area contributed by atoms with Crippen molar-refractivity contribution in [3.63, 3.8) is 0 Å². The van der Waals surface area contributed by atoms with Gasteiger partial charge in [0.25, 0.3) is 0 Å². The summed E-state index contributed by atoms with van der Waals surface area (Å²) >= 11 is 0. The molecule has 0 bridgehead atoms. The van der Waals surface area contributed by atoms with Crippen molar-refractivity contribution in [1.82, 2.24) is 29.9 Å². The topological polar surface area (TPSA) is 72.3 Å².